The lowest BCUT2D eigenvalue weighted by Crippen LogP contribution is -2.48. The van der Waals surface area contributed by atoms with Gasteiger partial charge in [-0.15, -0.1) is 0 Å². The first-order chi connectivity index (χ1) is 9.15. The maximum absolute atomic E-state index is 11.8. The second-order valence-electron chi connectivity index (χ2n) is 4.92. The van der Waals surface area contributed by atoms with Crippen LogP contribution >= 0.6 is 15.9 Å². The van der Waals surface area contributed by atoms with Crippen molar-refractivity contribution in [1.82, 2.24) is 10.6 Å². The minimum Gasteiger partial charge on any atom is -0.391 e. The number of carbonyl (C=O) groups is 1. The molecule has 19 heavy (non-hydrogen) atoms. The number of benzene rings is 1. The zero-order chi connectivity index (χ0) is 13.7. The summed E-state index contributed by atoms with van der Waals surface area (Å²) in [5.41, 5.74) is 1.04. The largest absolute Gasteiger partial charge is 0.391 e. The molecule has 2 rings (SSSR count). The van der Waals surface area contributed by atoms with E-state index in [4.69, 9.17) is 0 Å². The molecule has 1 aromatic carbocycles. The zero-order valence-electron chi connectivity index (χ0n) is 10.7. The van der Waals surface area contributed by atoms with E-state index in [0.717, 1.165) is 35.7 Å². The molecule has 0 spiro atoms. The molecule has 1 aromatic rings. The van der Waals surface area contributed by atoms with Crippen molar-refractivity contribution in [3.05, 3.63) is 34.3 Å². The molecule has 4 nitrogen and oxygen atoms in total. The molecule has 2 amide bonds. The van der Waals surface area contributed by atoms with Crippen LogP contribution in [0.3, 0.4) is 0 Å². The maximum Gasteiger partial charge on any atom is 0.315 e. The number of carbonyl (C=O) groups excluding carboxylic acids is 1. The van der Waals surface area contributed by atoms with Crippen LogP contribution in [-0.4, -0.2) is 23.3 Å². The molecule has 0 aliphatic heterocycles. The summed E-state index contributed by atoms with van der Waals surface area (Å²) in [6.45, 7) is 0.480. The van der Waals surface area contributed by atoms with Crippen molar-refractivity contribution >= 4 is 22.0 Å². The summed E-state index contributed by atoms with van der Waals surface area (Å²) in [5, 5.41) is 15.4. The highest BCUT2D eigenvalue weighted by Gasteiger charge is 2.24. The van der Waals surface area contributed by atoms with Crippen molar-refractivity contribution in [2.75, 3.05) is 0 Å². The molecular formula is C14H19BrN2O2. The average molecular weight is 327 g/mol. The lowest BCUT2D eigenvalue weighted by Gasteiger charge is -2.28. The fourth-order valence-electron chi connectivity index (χ4n) is 2.33. The van der Waals surface area contributed by atoms with Crippen molar-refractivity contribution in [2.24, 2.45) is 0 Å². The molecule has 0 saturated heterocycles. The Balaban J connectivity index is 1.78. The van der Waals surface area contributed by atoms with Gasteiger partial charge < -0.3 is 15.7 Å². The predicted octanol–water partition coefficient (Wildman–Crippen LogP) is 2.55. The van der Waals surface area contributed by atoms with Crippen molar-refractivity contribution in [3.63, 3.8) is 0 Å². The van der Waals surface area contributed by atoms with Crippen LogP contribution in [0.25, 0.3) is 0 Å². The molecule has 104 valence electrons. The number of aliphatic hydroxyl groups excluding tert-OH is 1. The van der Waals surface area contributed by atoms with Crippen LogP contribution in [-0.2, 0) is 6.54 Å². The van der Waals surface area contributed by atoms with Crippen LogP contribution in [0.4, 0.5) is 4.79 Å². The van der Waals surface area contributed by atoms with Crippen molar-refractivity contribution in [1.29, 1.82) is 0 Å². The van der Waals surface area contributed by atoms with Crippen LogP contribution in [0.5, 0.6) is 0 Å². The Morgan fingerprint density at radius 1 is 1.37 bits per heavy atom. The van der Waals surface area contributed by atoms with E-state index in [0.29, 0.717) is 6.54 Å². The number of rotatable bonds is 3. The van der Waals surface area contributed by atoms with E-state index < -0.39 is 6.10 Å². The number of nitrogens with one attached hydrogen (secondary N) is 2. The van der Waals surface area contributed by atoms with Gasteiger partial charge in [0.2, 0.25) is 0 Å². The quantitative estimate of drug-likeness (QED) is 0.799. The summed E-state index contributed by atoms with van der Waals surface area (Å²) in [4.78, 5) is 11.8. The molecule has 1 saturated carbocycles. The van der Waals surface area contributed by atoms with Crippen LogP contribution < -0.4 is 10.6 Å². The van der Waals surface area contributed by atoms with Crippen molar-refractivity contribution in [3.8, 4) is 0 Å². The highest BCUT2D eigenvalue weighted by Crippen LogP contribution is 2.18. The van der Waals surface area contributed by atoms with Gasteiger partial charge in [-0.1, -0.05) is 40.9 Å². The third-order valence-electron chi connectivity index (χ3n) is 3.39. The van der Waals surface area contributed by atoms with Crippen LogP contribution in [0, 0.1) is 0 Å². The first kappa shape index (κ1) is 14.3. The molecule has 0 aromatic heterocycles. The van der Waals surface area contributed by atoms with Crippen LogP contribution in [0.1, 0.15) is 31.2 Å². The van der Waals surface area contributed by atoms with E-state index in [9.17, 15) is 9.90 Å². The minimum absolute atomic E-state index is 0.115. The first-order valence-electron chi connectivity index (χ1n) is 6.62. The molecule has 0 radical (unpaired) electrons. The molecular weight excluding hydrogens is 308 g/mol. The SMILES string of the molecule is O=C(NCc1cccc(Br)c1)NC1CCCCC1O. The molecule has 0 bridgehead atoms. The maximum atomic E-state index is 11.8. The van der Waals surface area contributed by atoms with Gasteiger partial charge in [-0.25, -0.2) is 4.79 Å². The molecule has 1 aliphatic carbocycles. The molecule has 0 heterocycles. The number of hydrogen-bond acceptors (Lipinski definition) is 2. The van der Waals surface area contributed by atoms with Gasteiger partial charge in [0.1, 0.15) is 0 Å². The van der Waals surface area contributed by atoms with Gasteiger partial charge in [-0.05, 0) is 30.5 Å². The Hall–Kier alpha value is -1.07. The third-order valence-corrected chi connectivity index (χ3v) is 3.88. The van der Waals surface area contributed by atoms with E-state index >= 15 is 0 Å². The summed E-state index contributed by atoms with van der Waals surface area (Å²) in [6.07, 6.45) is 3.32. The lowest BCUT2D eigenvalue weighted by atomic mass is 9.93. The van der Waals surface area contributed by atoms with E-state index in [1.54, 1.807) is 0 Å². The standard InChI is InChI=1S/C14H19BrN2O2/c15-11-5-3-4-10(8-11)9-16-14(19)17-12-6-1-2-7-13(12)18/h3-5,8,12-13,18H,1-2,6-7,9H2,(H2,16,17,19). The van der Waals surface area contributed by atoms with Crippen molar-refractivity contribution in [2.45, 2.75) is 44.4 Å². The Bertz CT molecular complexity index is 439. The van der Waals surface area contributed by atoms with Crippen molar-refractivity contribution < 1.29 is 9.90 Å². The topological polar surface area (TPSA) is 61.4 Å². The number of halogens is 1. The highest BCUT2D eigenvalue weighted by atomic mass is 79.9. The third kappa shape index (κ3) is 4.51. The van der Waals surface area contributed by atoms with Crippen LogP contribution in [0.15, 0.2) is 28.7 Å². The smallest absolute Gasteiger partial charge is 0.315 e. The van der Waals surface area contributed by atoms with Crippen LogP contribution in [0.2, 0.25) is 0 Å². The van der Waals surface area contributed by atoms with E-state index in [1.165, 1.54) is 0 Å². The average Bonchev–Trinajstić information content (AvgIpc) is 2.39. The summed E-state index contributed by atoms with van der Waals surface area (Å²) < 4.78 is 0.995. The Labute approximate surface area is 121 Å². The number of amides is 2. The highest BCUT2D eigenvalue weighted by molar-refractivity contribution is 9.10. The Kier molecular flexibility index (Phi) is 5.22. The summed E-state index contributed by atoms with van der Waals surface area (Å²) in [5.74, 6) is 0. The molecule has 1 aliphatic rings. The first-order valence-corrected chi connectivity index (χ1v) is 7.41. The number of hydrogen-bond donors (Lipinski definition) is 3. The molecule has 2 unspecified atom stereocenters. The lowest BCUT2D eigenvalue weighted by molar-refractivity contribution is 0.0943. The minimum atomic E-state index is -0.412. The van der Waals surface area contributed by atoms with Gasteiger partial charge in [-0.3, -0.25) is 0 Å². The summed E-state index contributed by atoms with van der Waals surface area (Å²) in [7, 11) is 0. The molecule has 5 heteroatoms. The summed E-state index contributed by atoms with van der Waals surface area (Å²) in [6, 6.07) is 7.48. The fourth-order valence-corrected chi connectivity index (χ4v) is 2.77. The monoisotopic (exact) mass is 326 g/mol. The van der Waals surface area contributed by atoms with Gasteiger partial charge in [0.05, 0.1) is 12.1 Å². The summed E-state index contributed by atoms with van der Waals surface area (Å²) >= 11 is 3.40. The molecule has 1 fully saturated rings. The normalized spacial score (nSPS) is 22.8. The van der Waals surface area contributed by atoms with E-state index in [-0.39, 0.29) is 12.1 Å². The predicted molar refractivity (Wildman–Crippen MR) is 77.8 cm³/mol. The van der Waals surface area contributed by atoms with Gasteiger partial charge in [-0.2, -0.15) is 0 Å². The Morgan fingerprint density at radius 2 is 2.16 bits per heavy atom. The van der Waals surface area contributed by atoms with E-state index in [1.807, 2.05) is 24.3 Å². The number of aliphatic hydroxyl groups is 1. The second-order valence-corrected chi connectivity index (χ2v) is 5.83. The molecule has 3 N–H and O–H groups in total. The molecule has 2 atom stereocenters. The second kappa shape index (κ2) is 6.91. The van der Waals surface area contributed by atoms with Gasteiger partial charge >= 0.3 is 6.03 Å². The Morgan fingerprint density at radius 3 is 2.89 bits per heavy atom. The zero-order valence-corrected chi connectivity index (χ0v) is 12.3. The van der Waals surface area contributed by atoms with Gasteiger partial charge in [0, 0.05) is 11.0 Å². The van der Waals surface area contributed by atoms with E-state index in [2.05, 4.69) is 26.6 Å². The van der Waals surface area contributed by atoms with Gasteiger partial charge in [0.15, 0.2) is 0 Å². The number of urea groups is 1. The fraction of sp³-hybridized carbons (Fsp3) is 0.500. The van der Waals surface area contributed by atoms with Gasteiger partial charge in [0.25, 0.3) is 0 Å².